The zero-order valence-corrected chi connectivity index (χ0v) is 23.8. The van der Waals surface area contributed by atoms with Gasteiger partial charge in [-0.3, -0.25) is 14.7 Å². The molecule has 0 unspecified atom stereocenters. The number of carbonyl (C=O) groups excluding carboxylic acids is 1. The largest absolute Gasteiger partial charge is 0.493 e. The molecule has 1 N–H and O–H groups in total. The van der Waals surface area contributed by atoms with Crippen LogP contribution in [-0.2, 0) is 4.79 Å². The molecule has 2 atom stereocenters. The lowest BCUT2D eigenvalue weighted by Crippen LogP contribution is -2.49. The number of rotatable bonds is 6. The molecule has 0 aromatic heterocycles. The Morgan fingerprint density at radius 1 is 1.00 bits per heavy atom. The van der Waals surface area contributed by atoms with Crippen molar-refractivity contribution >= 4 is 41.0 Å². The summed E-state index contributed by atoms with van der Waals surface area (Å²) in [6.45, 7) is 2.82. The van der Waals surface area contributed by atoms with E-state index in [-0.39, 0.29) is 6.03 Å². The number of carboxylic acid groups (broad SMARTS) is 1. The van der Waals surface area contributed by atoms with Crippen LogP contribution in [0.3, 0.4) is 0 Å². The number of nitriles is 1. The fourth-order valence-corrected chi connectivity index (χ4v) is 5.63. The number of nitrogens with zero attached hydrogens (tertiary/aromatic N) is 4. The number of halogens is 2. The lowest BCUT2D eigenvalue weighted by atomic mass is 9.93. The topological polar surface area (TPSA) is 106 Å². The van der Waals surface area contributed by atoms with Crippen LogP contribution in [0.25, 0.3) is 0 Å². The van der Waals surface area contributed by atoms with Crippen molar-refractivity contribution in [2.45, 2.75) is 31.8 Å². The smallest absolute Gasteiger partial charge is 0.326 e. The van der Waals surface area contributed by atoms with E-state index in [0.29, 0.717) is 65.3 Å². The molecule has 10 heteroatoms. The first-order chi connectivity index (χ1) is 19.8. The van der Waals surface area contributed by atoms with Gasteiger partial charge < -0.3 is 14.7 Å². The van der Waals surface area contributed by atoms with Gasteiger partial charge in [0.25, 0.3) is 0 Å². The molecule has 8 nitrogen and oxygen atoms in total. The third-order valence-corrected chi connectivity index (χ3v) is 7.97. The number of piperidine rings is 1. The minimum Gasteiger partial charge on any atom is -0.493 e. The molecule has 3 aromatic rings. The van der Waals surface area contributed by atoms with Crippen molar-refractivity contribution in [3.05, 3.63) is 99.0 Å². The minimum absolute atomic E-state index is 0.282. The second-order valence-electron chi connectivity index (χ2n) is 9.95. The highest BCUT2D eigenvalue weighted by molar-refractivity contribution is 6.30. The van der Waals surface area contributed by atoms with Crippen molar-refractivity contribution in [1.29, 1.82) is 5.26 Å². The SMILES string of the molecule is CCOc1cc(C#N)ccc1C1=N[C@@H](c2ccc(Cl)cc2)[C@@H](c2ccc(Cl)cc2)N1C(=O)N1CCC(C(=O)O)CC1. The number of carbonyl (C=O) groups is 2. The number of carboxylic acids is 1. The van der Waals surface area contributed by atoms with Crippen LogP contribution < -0.4 is 4.74 Å². The lowest BCUT2D eigenvalue weighted by molar-refractivity contribution is -0.143. The summed E-state index contributed by atoms with van der Waals surface area (Å²) >= 11 is 12.4. The Labute approximate surface area is 248 Å². The first-order valence-electron chi connectivity index (χ1n) is 13.4. The number of aliphatic imine (C=N–C) groups is 1. The van der Waals surface area contributed by atoms with Gasteiger partial charge in [0.15, 0.2) is 0 Å². The molecule has 0 aliphatic carbocycles. The van der Waals surface area contributed by atoms with Crippen molar-refractivity contribution in [2.75, 3.05) is 19.7 Å². The highest BCUT2D eigenvalue weighted by Gasteiger charge is 2.45. The van der Waals surface area contributed by atoms with Crippen LogP contribution in [0.4, 0.5) is 4.79 Å². The number of amides is 2. The second-order valence-corrected chi connectivity index (χ2v) is 10.8. The van der Waals surface area contributed by atoms with E-state index in [9.17, 15) is 20.0 Å². The fourth-order valence-electron chi connectivity index (χ4n) is 5.38. The van der Waals surface area contributed by atoms with Crippen molar-refractivity contribution in [2.24, 2.45) is 10.9 Å². The number of aliphatic carboxylic acids is 1. The first-order valence-corrected chi connectivity index (χ1v) is 14.1. The number of ether oxygens (including phenoxy) is 1. The lowest BCUT2D eigenvalue weighted by Gasteiger charge is -2.37. The summed E-state index contributed by atoms with van der Waals surface area (Å²) in [7, 11) is 0. The molecular weight excluding hydrogens is 563 g/mol. The number of likely N-dealkylation sites (tertiary alicyclic amines) is 1. The van der Waals surface area contributed by atoms with E-state index in [4.69, 9.17) is 32.9 Å². The van der Waals surface area contributed by atoms with E-state index in [2.05, 4.69) is 6.07 Å². The molecule has 5 rings (SSSR count). The molecule has 2 heterocycles. The third kappa shape index (κ3) is 5.88. The molecule has 2 aliphatic rings. The van der Waals surface area contributed by atoms with Crippen molar-refractivity contribution < 1.29 is 19.4 Å². The van der Waals surface area contributed by atoms with Gasteiger partial charge in [0.2, 0.25) is 0 Å². The second kappa shape index (κ2) is 12.2. The fraction of sp³-hybridized carbons (Fsp3) is 0.290. The van der Waals surface area contributed by atoms with Crippen LogP contribution in [0, 0.1) is 17.2 Å². The average molecular weight is 591 g/mol. The Balaban J connectivity index is 1.66. The number of amidine groups is 1. The predicted molar refractivity (Wildman–Crippen MR) is 156 cm³/mol. The van der Waals surface area contributed by atoms with E-state index < -0.39 is 24.0 Å². The Hall–Kier alpha value is -4.06. The van der Waals surface area contributed by atoms with Crippen LogP contribution in [-0.4, -0.2) is 52.4 Å². The Kier molecular flexibility index (Phi) is 8.48. The monoisotopic (exact) mass is 590 g/mol. The molecule has 2 amide bonds. The van der Waals surface area contributed by atoms with Crippen LogP contribution >= 0.6 is 23.2 Å². The van der Waals surface area contributed by atoms with Crippen LogP contribution in [0.2, 0.25) is 10.0 Å². The van der Waals surface area contributed by atoms with Crippen LogP contribution in [0.15, 0.2) is 71.7 Å². The van der Waals surface area contributed by atoms with E-state index in [1.54, 1.807) is 52.3 Å². The van der Waals surface area contributed by atoms with E-state index in [1.807, 2.05) is 31.2 Å². The standard InChI is InChI=1S/C31H28Cl2N4O4/c1-2-41-26-17-19(18-34)3-12-25(26)29-35-27(20-4-8-23(32)9-5-20)28(21-6-10-24(33)11-7-21)37(29)31(40)36-15-13-22(14-16-36)30(38)39/h3-12,17,22,27-28H,2,13-16H2,1H3,(H,38,39)/t27-,28+/m0/s1. The van der Waals surface area contributed by atoms with Gasteiger partial charge in [-0.05, 0) is 73.4 Å². The molecule has 1 fully saturated rings. The van der Waals surface area contributed by atoms with Gasteiger partial charge in [-0.15, -0.1) is 0 Å². The normalized spacial score (nSPS) is 19.0. The molecule has 0 bridgehead atoms. The molecule has 0 radical (unpaired) electrons. The van der Waals surface area contributed by atoms with E-state index in [0.717, 1.165) is 11.1 Å². The molecule has 41 heavy (non-hydrogen) atoms. The van der Waals surface area contributed by atoms with Crippen molar-refractivity contribution in [3.8, 4) is 11.8 Å². The summed E-state index contributed by atoms with van der Waals surface area (Å²) in [4.78, 5) is 34.5. The number of hydrogen-bond acceptors (Lipinski definition) is 5. The van der Waals surface area contributed by atoms with Gasteiger partial charge in [-0.1, -0.05) is 47.5 Å². The molecular formula is C31H28Cl2N4O4. The van der Waals surface area contributed by atoms with Gasteiger partial charge in [0.05, 0.1) is 35.8 Å². The van der Waals surface area contributed by atoms with Gasteiger partial charge >= 0.3 is 12.0 Å². The third-order valence-electron chi connectivity index (χ3n) is 7.46. The van der Waals surface area contributed by atoms with E-state index >= 15 is 0 Å². The predicted octanol–water partition coefficient (Wildman–Crippen LogP) is 6.73. The summed E-state index contributed by atoms with van der Waals surface area (Å²) in [5.74, 6) is -0.480. The summed E-state index contributed by atoms with van der Waals surface area (Å²) in [6, 6.07) is 20.6. The average Bonchev–Trinajstić information content (AvgIpc) is 3.38. The summed E-state index contributed by atoms with van der Waals surface area (Å²) in [5, 5.41) is 20.2. The Bertz CT molecular complexity index is 1510. The maximum Gasteiger partial charge on any atom is 0.326 e. The highest BCUT2D eigenvalue weighted by Crippen LogP contribution is 2.45. The molecule has 1 saturated heterocycles. The van der Waals surface area contributed by atoms with Crippen molar-refractivity contribution in [1.82, 2.24) is 9.80 Å². The Morgan fingerprint density at radius 2 is 1.61 bits per heavy atom. The molecule has 3 aromatic carbocycles. The van der Waals surface area contributed by atoms with E-state index in [1.165, 1.54) is 0 Å². The number of urea groups is 1. The zero-order chi connectivity index (χ0) is 29.1. The molecule has 210 valence electrons. The summed E-state index contributed by atoms with van der Waals surface area (Å²) in [6.07, 6.45) is 0.739. The Morgan fingerprint density at radius 3 is 2.17 bits per heavy atom. The number of hydrogen-bond donors (Lipinski definition) is 1. The van der Waals surface area contributed by atoms with Gasteiger partial charge in [-0.25, -0.2) is 4.79 Å². The van der Waals surface area contributed by atoms with Gasteiger partial charge in [0, 0.05) is 23.1 Å². The summed E-state index contributed by atoms with van der Waals surface area (Å²) < 4.78 is 5.94. The molecule has 0 saturated carbocycles. The maximum absolute atomic E-state index is 14.4. The van der Waals surface area contributed by atoms with Crippen molar-refractivity contribution in [3.63, 3.8) is 0 Å². The van der Waals surface area contributed by atoms with Crippen LogP contribution in [0.1, 0.15) is 54.1 Å². The quantitative estimate of drug-likeness (QED) is 0.342. The van der Waals surface area contributed by atoms with Gasteiger partial charge in [-0.2, -0.15) is 5.26 Å². The first kappa shape index (κ1) is 28.5. The highest BCUT2D eigenvalue weighted by atomic mass is 35.5. The zero-order valence-electron chi connectivity index (χ0n) is 22.3. The maximum atomic E-state index is 14.4. The van der Waals surface area contributed by atoms with Crippen LogP contribution in [0.5, 0.6) is 5.75 Å². The molecule has 2 aliphatic heterocycles. The number of benzene rings is 3. The minimum atomic E-state index is -0.846. The molecule has 0 spiro atoms. The summed E-state index contributed by atoms with van der Waals surface area (Å²) in [5.41, 5.74) is 2.69. The van der Waals surface area contributed by atoms with Gasteiger partial charge in [0.1, 0.15) is 17.6 Å².